The van der Waals surface area contributed by atoms with Gasteiger partial charge in [-0.1, -0.05) is 0 Å². The summed E-state index contributed by atoms with van der Waals surface area (Å²) in [5, 5.41) is 12.5. The van der Waals surface area contributed by atoms with Crippen LogP contribution in [-0.2, 0) is 6.42 Å². The third-order valence-corrected chi connectivity index (χ3v) is 2.69. The summed E-state index contributed by atoms with van der Waals surface area (Å²) in [5.74, 6) is -1.53. The number of hydrogen-bond donors (Lipinski definition) is 2. The molecule has 0 fully saturated rings. The average molecular weight is 248 g/mol. The van der Waals surface area contributed by atoms with Gasteiger partial charge in [0.1, 0.15) is 5.82 Å². The third kappa shape index (κ3) is 2.46. The first-order valence-corrected chi connectivity index (χ1v) is 5.59. The summed E-state index contributed by atoms with van der Waals surface area (Å²) in [6, 6.07) is 5.48. The Kier molecular flexibility index (Phi) is 3.53. The number of nitrogens with zero attached hydrogens (tertiary/aromatic N) is 1. The first-order valence-electron chi connectivity index (χ1n) is 5.59. The SMILES string of the molecule is CNCCc1cc(C(=O)O)c2cc(F)ccc2n1. The van der Waals surface area contributed by atoms with Crippen molar-refractivity contribution in [3.63, 3.8) is 0 Å². The molecule has 2 rings (SSSR count). The van der Waals surface area contributed by atoms with E-state index in [1.54, 1.807) is 0 Å². The summed E-state index contributed by atoms with van der Waals surface area (Å²) in [4.78, 5) is 15.5. The molecule has 1 aromatic heterocycles. The van der Waals surface area contributed by atoms with Gasteiger partial charge in [0.15, 0.2) is 0 Å². The average Bonchev–Trinajstić information content (AvgIpc) is 2.35. The lowest BCUT2D eigenvalue weighted by Crippen LogP contribution is -2.12. The Morgan fingerprint density at radius 3 is 2.89 bits per heavy atom. The number of likely N-dealkylation sites (N-methyl/N-ethyl adjacent to an activating group) is 1. The maximum absolute atomic E-state index is 13.2. The molecule has 0 bridgehead atoms. The zero-order chi connectivity index (χ0) is 13.1. The molecule has 1 aromatic carbocycles. The van der Waals surface area contributed by atoms with Crippen molar-refractivity contribution in [1.29, 1.82) is 0 Å². The van der Waals surface area contributed by atoms with Crippen LogP contribution in [0.4, 0.5) is 4.39 Å². The lowest BCUT2D eigenvalue weighted by Gasteiger charge is -2.06. The molecule has 0 amide bonds. The zero-order valence-electron chi connectivity index (χ0n) is 9.90. The van der Waals surface area contributed by atoms with Crippen LogP contribution in [0.2, 0.25) is 0 Å². The highest BCUT2D eigenvalue weighted by molar-refractivity contribution is 6.02. The molecule has 0 aliphatic rings. The zero-order valence-corrected chi connectivity index (χ0v) is 9.90. The molecule has 0 unspecified atom stereocenters. The highest BCUT2D eigenvalue weighted by atomic mass is 19.1. The van der Waals surface area contributed by atoms with Gasteiger partial charge in [0.25, 0.3) is 0 Å². The fraction of sp³-hybridized carbons (Fsp3) is 0.231. The molecule has 5 heteroatoms. The second-order valence-corrected chi connectivity index (χ2v) is 3.98. The minimum Gasteiger partial charge on any atom is -0.478 e. The second kappa shape index (κ2) is 5.10. The summed E-state index contributed by atoms with van der Waals surface area (Å²) in [6.45, 7) is 0.707. The molecule has 0 aliphatic carbocycles. The van der Waals surface area contributed by atoms with E-state index in [9.17, 15) is 9.18 Å². The van der Waals surface area contributed by atoms with Crippen LogP contribution in [-0.4, -0.2) is 29.7 Å². The lowest BCUT2D eigenvalue weighted by atomic mass is 10.1. The first-order chi connectivity index (χ1) is 8.61. The number of rotatable bonds is 4. The van der Waals surface area contributed by atoms with Crippen LogP contribution >= 0.6 is 0 Å². The summed E-state index contributed by atoms with van der Waals surface area (Å²) < 4.78 is 13.2. The van der Waals surface area contributed by atoms with E-state index in [4.69, 9.17) is 5.11 Å². The minimum absolute atomic E-state index is 0.0885. The van der Waals surface area contributed by atoms with Crippen LogP contribution in [0, 0.1) is 5.82 Å². The predicted octanol–water partition coefficient (Wildman–Crippen LogP) is 1.83. The number of aromatic nitrogens is 1. The van der Waals surface area contributed by atoms with Crippen molar-refractivity contribution >= 4 is 16.9 Å². The Bertz CT molecular complexity index is 599. The molecule has 0 radical (unpaired) electrons. The highest BCUT2D eigenvalue weighted by Gasteiger charge is 2.12. The van der Waals surface area contributed by atoms with E-state index < -0.39 is 11.8 Å². The number of halogens is 1. The maximum atomic E-state index is 13.2. The van der Waals surface area contributed by atoms with E-state index in [0.29, 0.717) is 29.6 Å². The number of pyridine rings is 1. The van der Waals surface area contributed by atoms with Crippen molar-refractivity contribution in [1.82, 2.24) is 10.3 Å². The van der Waals surface area contributed by atoms with Gasteiger partial charge in [0.2, 0.25) is 0 Å². The van der Waals surface area contributed by atoms with E-state index in [2.05, 4.69) is 10.3 Å². The second-order valence-electron chi connectivity index (χ2n) is 3.98. The Morgan fingerprint density at radius 1 is 1.44 bits per heavy atom. The van der Waals surface area contributed by atoms with Crippen molar-refractivity contribution in [2.75, 3.05) is 13.6 Å². The Hall–Kier alpha value is -2.01. The van der Waals surface area contributed by atoms with Gasteiger partial charge in [-0.2, -0.15) is 0 Å². The molecule has 94 valence electrons. The summed E-state index contributed by atoms with van der Waals surface area (Å²) >= 11 is 0. The molecule has 18 heavy (non-hydrogen) atoms. The summed E-state index contributed by atoms with van der Waals surface area (Å²) in [7, 11) is 1.81. The van der Waals surface area contributed by atoms with Gasteiger partial charge in [0, 0.05) is 24.0 Å². The number of fused-ring (bicyclic) bond motifs is 1. The van der Waals surface area contributed by atoms with Crippen LogP contribution in [0.5, 0.6) is 0 Å². The van der Waals surface area contributed by atoms with Gasteiger partial charge in [-0.3, -0.25) is 4.98 Å². The maximum Gasteiger partial charge on any atom is 0.336 e. The molecule has 0 saturated heterocycles. The molecule has 4 nitrogen and oxygen atoms in total. The van der Waals surface area contributed by atoms with Crippen molar-refractivity contribution in [3.05, 3.63) is 41.3 Å². The predicted molar refractivity (Wildman–Crippen MR) is 66.3 cm³/mol. The van der Waals surface area contributed by atoms with Gasteiger partial charge < -0.3 is 10.4 Å². The summed E-state index contributed by atoms with van der Waals surface area (Å²) in [5.41, 5.74) is 1.27. The van der Waals surface area contributed by atoms with Gasteiger partial charge in [-0.15, -0.1) is 0 Å². The van der Waals surface area contributed by atoms with Gasteiger partial charge in [-0.25, -0.2) is 9.18 Å². The topological polar surface area (TPSA) is 62.2 Å². The number of benzene rings is 1. The normalized spacial score (nSPS) is 10.8. The number of hydrogen-bond acceptors (Lipinski definition) is 3. The molecular weight excluding hydrogens is 235 g/mol. The standard InChI is InChI=1S/C13H13FN2O2/c1-15-5-4-9-7-11(13(17)18)10-6-8(14)2-3-12(10)16-9/h2-3,6-7,15H,4-5H2,1H3,(H,17,18). The third-order valence-electron chi connectivity index (χ3n) is 2.69. The van der Waals surface area contributed by atoms with Gasteiger partial charge in [-0.05, 0) is 31.3 Å². The Labute approximate surface area is 103 Å². The monoisotopic (exact) mass is 248 g/mol. The molecule has 2 aromatic rings. The fourth-order valence-electron chi connectivity index (χ4n) is 1.81. The lowest BCUT2D eigenvalue weighted by molar-refractivity contribution is 0.0699. The van der Waals surface area contributed by atoms with E-state index in [-0.39, 0.29) is 5.56 Å². The summed E-state index contributed by atoms with van der Waals surface area (Å²) in [6.07, 6.45) is 0.629. The smallest absolute Gasteiger partial charge is 0.336 e. The van der Waals surface area contributed by atoms with Crippen LogP contribution in [0.1, 0.15) is 16.1 Å². The molecule has 0 aliphatic heterocycles. The number of carbonyl (C=O) groups is 1. The molecule has 0 saturated carbocycles. The molecule has 0 atom stereocenters. The fourth-order valence-corrected chi connectivity index (χ4v) is 1.81. The highest BCUT2D eigenvalue weighted by Crippen LogP contribution is 2.20. The van der Waals surface area contributed by atoms with E-state index in [1.807, 2.05) is 7.05 Å². The van der Waals surface area contributed by atoms with E-state index in [0.717, 1.165) is 0 Å². The number of carboxylic acid groups (broad SMARTS) is 1. The van der Waals surface area contributed by atoms with E-state index >= 15 is 0 Å². The van der Waals surface area contributed by atoms with Crippen molar-refractivity contribution in [2.45, 2.75) is 6.42 Å². The largest absolute Gasteiger partial charge is 0.478 e. The Morgan fingerprint density at radius 2 is 2.22 bits per heavy atom. The van der Waals surface area contributed by atoms with Crippen molar-refractivity contribution in [2.24, 2.45) is 0 Å². The number of carboxylic acids is 1. The van der Waals surface area contributed by atoms with Crippen LogP contribution < -0.4 is 5.32 Å². The number of nitrogens with one attached hydrogen (secondary N) is 1. The van der Waals surface area contributed by atoms with Crippen LogP contribution in [0.25, 0.3) is 10.9 Å². The van der Waals surface area contributed by atoms with E-state index in [1.165, 1.54) is 24.3 Å². The molecule has 2 N–H and O–H groups in total. The Balaban J connectivity index is 2.59. The van der Waals surface area contributed by atoms with Crippen molar-refractivity contribution in [3.8, 4) is 0 Å². The van der Waals surface area contributed by atoms with Crippen LogP contribution in [0.3, 0.4) is 0 Å². The quantitative estimate of drug-likeness (QED) is 0.866. The van der Waals surface area contributed by atoms with Gasteiger partial charge in [0.05, 0.1) is 11.1 Å². The van der Waals surface area contributed by atoms with Gasteiger partial charge >= 0.3 is 5.97 Å². The molecule has 0 spiro atoms. The molecule has 1 heterocycles. The van der Waals surface area contributed by atoms with Crippen molar-refractivity contribution < 1.29 is 14.3 Å². The minimum atomic E-state index is -1.07. The number of aromatic carboxylic acids is 1. The first kappa shape index (κ1) is 12.4. The molecular formula is C13H13FN2O2. The van der Waals surface area contributed by atoms with Crippen LogP contribution in [0.15, 0.2) is 24.3 Å².